The highest BCUT2D eigenvalue weighted by molar-refractivity contribution is 6.13. The molecule has 1 saturated heterocycles. The van der Waals surface area contributed by atoms with Gasteiger partial charge in [-0.15, -0.1) is 0 Å². The quantitative estimate of drug-likeness (QED) is 0.432. The Hall–Kier alpha value is -1.12. The zero-order valence-corrected chi connectivity index (χ0v) is 7.60. The van der Waals surface area contributed by atoms with Crippen molar-refractivity contribution in [2.75, 3.05) is 0 Å². The molecule has 0 aromatic heterocycles. The number of nitrogens with one attached hydrogen (secondary N) is 1. The van der Waals surface area contributed by atoms with Crippen LogP contribution in [-0.2, 0) is 9.59 Å². The molecule has 0 aromatic carbocycles. The van der Waals surface area contributed by atoms with Gasteiger partial charge in [-0.05, 0) is 5.41 Å². The van der Waals surface area contributed by atoms with Crippen LogP contribution >= 0.6 is 0 Å². The first-order valence-corrected chi connectivity index (χ1v) is 3.94. The van der Waals surface area contributed by atoms with Gasteiger partial charge in [0.15, 0.2) is 0 Å². The van der Waals surface area contributed by atoms with E-state index < -0.39 is 0 Å². The highest BCUT2D eigenvalue weighted by Gasteiger charge is 2.25. The van der Waals surface area contributed by atoms with Crippen LogP contribution in [-0.4, -0.2) is 11.8 Å². The van der Waals surface area contributed by atoms with Crippen molar-refractivity contribution in [1.29, 1.82) is 0 Å². The van der Waals surface area contributed by atoms with E-state index >= 15 is 0 Å². The zero-order valence-electron chi connectivity index (χ0n) is 7.60. The summed E-state index contributed by atoms with van der Waals surface area (Å²) in [6, 6.07) is 0. The molecule has 1 rings (SSSR count). The molecular formula is C9H13NO2. The number of amides is 2. The van der Waals surface area contributed by atoms with E-state index in [-0.39, 0.29) is 23.7 Å². The SMILES string of the molecule is CC(C)(C)/C=C1/CC(=O)NC1=O. The second-order valence-electron chi connectivity index (χ2n) is 4.09. The molecule has 0 radical (unpaired) electrons. The molecule has 0 saturated carbocycles. The third kappa shape index (κ3) is 2.19. The molecule has 3 heteroatoms. The third-order valence-electron chi connectivity index (χ3n) is 1.50. The van der Waals surface area contributed by atoms with Gasteiger partial charge in [-0.25, -0.2) is 0 Å². The van der Waals surface area contributed by atoms with Crippen molar-refractivity contribution in [2.45, 2.75) is 27.2 Å². The van der Waals surface area contributed by atoms with Crippen LogP contribution in [0, 0.1) is 5.41 Å². The van der Waals surface area contributed by atoms with Crippen LogP contribution in [0.1, 0.15) is 27.2 Å². The predicted octanol–water partition coefficient (Wildman–Crippen LogP) is 1.01. The van der Waals surface area contributed by atoms with Crippen molar-refractivity contribution < 1.29 is 9.59 Å². The van der Waals surface area contributed by atoms with E-state index in [0.717, 1.165) is 0 Å². The Kier molecular flexibility index (Phi) is 2.04. The van der Waals surface area contributed by atoms with Gasteiger partial charge in [0, 0.05) is 5.57 Å². The van der Waals surface area contributed by atoms with Gasteiger partial charge in [0.1, 0.15) is 0 Å². The molecule has 0 unspecified atom stereocenters. The molecule has 2 amide bonds. The van der Waals surface area contributed by atoms with Crippen LogP contribution < -0.4 is 5.32 Å². The highest BCUT2D eigenvalue weighted by atomic mass is 16.2. The Morgan fingerprint density at radius 2 is 1.92 bits per heavy atom. The predicted molar refractivity (Wildman–Crippen MR) is 45.3 cm³/mol. The van der Waals surface area contributed by atoms with Crippen LogP contribution in [0.4, 0.5) is 0 Å². The first-order valence-electron chi connectivity index (χ1n) is 3.94. The van der Waals surface area contributed by atoms with Gasteiger partial charge in [0.25, 0.3) is 5.91 Å². The van der Waals surface area contributed by atoms with E-state index in [2.05, 4.69) is 5.32 Å². The summed E-state index contributed by atoms with van der Waals surface area (Å²) in [5.74, 6) is -0.439. The number of hydrogen-bond donors (Lipinski definition) is 1. The maximum Gasteiger partial charge on any atom is 0.253 e. The summed E-state index contributed by atoms with van der Waals surface area (Å²) in [4.78, 5) is 21.8. The molecule has 1 fully saturated rings. The molecule has 1 heterocycles. The summed E-state index contributed by atoms with van der Waals surface area (Å²) in [5.41, 5.74) is 0.546. The van der Waals surface area contributed by atoms with E-state index in [0.29, 0.717) is 5.57 Å². The van der Waals surface area contributed by atoms with Crippen molar-refractivity contribution in [3.63, 3.8) is 0 Å². The second kappa shape index (κ2) is 2.73. The maximum atomic E-state index is 11.1. The van der Waals surface area contributed by atoms with Crippen LogP contribution in [0.25, 0.3) is 0 Å². The lowest BCUT2D eigenvalue weighted by molar-refractivity contribution is -0.124. The molecule has 12 heavy (non-hydrogen) atoms. The Morgan fingerprint density at radius 3 is 2.25 bits per heavy atom. The Bertz CT molecular complexity index is 258. The van der Waals surface area contributed by atoms with Crippen molar-refractivity contribution in [3.8, 4) is 0 Å². The monoisotopic (exact) mass is 167 g/mol. The number of carbonyl (C=O) groups is 2. The lowest BCUT2D eigenvalue weighted by atomic mass is 9.93. The number of rotatable bonds is 0. The fraction of sp³-hybridized carbons (Fsp3) is 0.556. The average molecular weight is 167 g/mol. The number of hydrogen-bond acceptors (Lipinski definition) is 2. The Morgan fingerprint density at radius 1 is 1.33 bits per heavy atom. The van der Waals surface area contributed by atoms with Crippen molar-refractivity contribution in [3.05, 3.63) is 11.6 Å². The summed E-state index contributed by atoms with van der Waals surface area (Å²) < 4.78 is 0. The number of imide groups is 1. The Balaban J connectivity index is 2.84. The summed E-state index contributed by atoms with van der Waals surface area (Å²) in [5, 5.41) is 2.24. The smallest absolute Gasteiger partial charge is 0.253 e. The van der Waals surface area contributed by atoms with Crippen LogP contribution in [0.3, 0.4) is 0 Å². The van der Waals surface area contributed by atoms with Gasteiger partial charge in [-0.3, -0.25) is 14.9 Å². The molecule has 0 atom stereocenters. The molecular weight excluding hydrogens is 154 g/mol. The van der Waals surface area contributed by atoms with Gasteiger partial charge in [-0.2, -0.15) is 0 Å². The molecule has 1 aliphatic rings. The normalized spacial score (nSPS) is 21.8. The molecule has 0 aromatic rings. The van der Waals surface area contributed by atoms with Gasteiger partial charge in [0.05, 0.1) is 6.42 Å². The summed E-state index contributed by atoms with van der Waals surface area (Å²) in [6.07, 6.45) is 2.07. The van der Waals surface area contributed by atoms with Crippen LogP contribution in [0.5, 0.6) is 0 Å². The fourth-order valence-electron chi connectivity index (χ4n) is 1.14. The molecule has 3 nitrogen and oxygen atoms in total. The van der Waals surface area contributed by atoms with E-state index in [1.54, 1.807) is 0 Å². The molecule has 66 valence electrons. The zero-order chi connectivity index (χ0) is 9.35. The molecule has 1 N–H and O–H groups in total. The molecule has 1 aliphatic heterocycles. The minimum atomic E-state index is -0.241. The number of carbonyl (C=O) groups excluding carboxylic acids is 2. The standard InChI is InChI=1S/C9H13NO2/c1-9(2,3)5-6-4-7(11)10-8(6)12/h5H,4H2,1-3H3,(H,10,11,12)/b6-5-. The van der Waals surface area contributed by atoms with Gasteiger partial charge in [-0.1, -0.05) is 26.8 Å². The van der Waals surface area contributed by atoms with Gasteiger partial charge < -0.3 is 0 Å². The summed E-state index contributed by atoms with van der Waals surface area (Å²) in [6.45, 7) is 5.99. The summed E-state index contributed by atoms with van der Waals surface area (Å²) in [7, 11) is 0. The first kappa shape index (κ1) is 8.97. The topological polar surface area (TPSA) is 46.2 Å². The van der Waals surface area contributed by atoms with Crippen molar-refractivity contribution >= 4 is 11.8 Å². The molecule has 0 spiro atoms. The third-order valence-corrected chi connectivity index (χ3v) is 1.50. The van der Waals surface area contributed by atoms with E-state index in [9.17, 15) is 9.59 Å². The van der Waals surface area contributed by atoms with E-state index in [1.165, 1.54) is 0 Å². The largest absolute Gasteiger partial charge is 0.292 e. The lowest BCUT2D eigenvalue weighted by Crippen LogP contribution is -2.19. The van der Waals surface area contributed by atoms with Gasteiger partial charge in [0.2, 0.25) is 5.91 Å². The van der Waals surface area contributed by atoms with E-state index in [1.807, 2.05) is 26.8 Å². The van der Waals surface area contributed by atoms with Crippen molar-refractivity contribution in [2.24, 2.45) is 5.41 Å². The first-order chi connectivity index (χ1) is 5.38. The maximum absolute atomic E-state index is 11.1. The number of allylic oxidation sites excluding steroid dienone is 1. The van der Waals surface area contributed by atoms with Crippen molar-refractivity contribution in [1.82, 2.24) is 5.32 Å². The van der Waals surface area contributed by atoms with Gasteiger partial charge >= 0.3 is 0 Å². The minimum absolute atomic E-state index is 0.0444. The average Bonchev–Trinajstić information content (AvgIpc) is 2.06. The minimum Gasteiger partial charge on any atom is -0.292 e. The van der Waals surface area contributed by atoms with Crippen LogP contribution in [0.2, 0.25) is 0 Å². The Labute approximate surface area is 71.8 Å². The van der Waals surface area contributed by atoms with E-state index in [4.69, 9.17) is 0 Å². The van der Waals surface area contributed by atoms with Crippen LogP contribution in [0.15, 0.2) is 11.6 Å². The highest BCUT2D eigenvalue weighted by Crippen LogP contribution is 2.21. The summed E-state index contributed by atoms with van der Waals surface area (Å²) >= 11 is 0. The lowest BCUT2D eigenvalue weighted by Gasteiger charge is -2.12. The fourth-order valence-corrected chi connectivity index (χ4v) is 1.14. The molecule has 0 bridgehead atoms. The second-order valence-corrected chi connectivity index (χ2v) is 4.09. The molecule has 0 aliphatic carbocycles.